The summed E-state index contributed by atoms with van der Waals surface area (Å²) in [5.41, 5.74) is 2.49. The summed E-state index contributed by atoms with van der Waals surface area (Å²) in [7, 11) is -1.10. The monoisotopic (exact) mass is 805 g/mol. The van der Waals surface area contributed by atoms with Gasteiger partial charge in [-0.3, -0.25) is 4.79 Å². The Morgan fingerprint density at radius 1 is 0.782 bits per heavy atom. The van der Waals surface area contributed by atoms with E-state index in [-0.39, 0.29) is 45.8 Å². The van der Waals surface area contributed by atoms with Crippen LogP contribution >= 0.6 is 0 Å². The van der Waals surface area contributed by atoms with Crippen LogP contribution < -0.4 is 4.74 Å². The first-order chi connectivity index (χ1) is 24.9. The minimum absolute atomic E-state index is 0.00333. The number of carbonyl (C=O) groups excluding carboxylic acids is 1. The van der Waals surface area contributed by atoms with E-state index in [1.807, 2.05) is 52.0 Å². The van der Waals surface area contributed by atoms with Crippen molar-refractivity contribution in [3.05, 3.63) is 53.1 Å². The predicted molar refractivity (Wildman–Crippen MR) is 237 cm³/mol. The molecule has 8 atom stereocenters. The Balaban J connectivity index is 3.45. The minimum atomic E-state index is -2.24. The number of ketones is 1. The molecule has 1 N–H and O–H groups in total. The Morgan fingerprint density at radius 3 is 1.75 bits per heavy atom. The second-order valence-electron chi connectivity index (χ2n) is 20.2. The van der Waals surface area contributed by atoms with Gasteiger partial charge in [0.1, 0.15) is 11.5 Å². The number of hydrogen-bond acceptors (Lipinski definition) is 7. The quantitative estimate of drug-likeness (QED) is 0.0710. The molecule has 0 aromatic heterocycles. The van der Waals surface area contributed by atoms with Gasteiger partial charge in [-0.05, 0) is 92.6 Å². The van der Waals surface area contributed by atoms with Crippen molar-refractivity contribution < 1.29 is 33.0 Å². The minimum Gasteiger partial charge on any atom is -0.497 e. The SMILES string of the molecule is COc1ccc(COCC[C@H](O[Si](C)(C)C(C)(C)C)[C@@H](C)[C@H](OC)C(C)(C)C(=O)[C@H](C)[C@@H](O)[C@H](C)[C@H](O[Si](C)(C)C(C)(C)C)/C(C)=C/[C@@H](C)C=C(C)C)cc1. The molecular weight excluding hydrogens is 721 g/mol. The first-order valence-electron chi connectivity index (χ1n) is 20.6. The average Bonchev–Trinajstić information content (AvgIpc) is 3.05. The van der Waals surface area contributed by atoms with Crippen LogP contribution in [0.15, 0.2) is 47.6 Å². The molecule has 0 bridgehead atoms. The Kier molecular flexibility index (Phi) is 19.5. The maximum absolute atomic E-state index is 14.7. The third kappa shape index (κ3) is 14.6. The molecule has 0 aliphatic heterocycles. The predicted octanol–water partition coefficient (Wildman–Crippen LogP) is 11.8. The number of allylic oxidation sites excluding steroid dienone is 3. The van der Waals surface area contributed by atoms with Crippen LogP contribution in [-0.2, 0) is 29.7 Å². The molecule has 1 aromatic carbocycles. The molecule has 0 amide bonds. The molecule has 318 valence electrons. The zero-order valence-corrected chi connectivity index (χ0v) is 41.1. The number of carbonyl (C=O) groups is 1. The van der Waals surface area contributed by atoms with E-state index in [0.29, 0.717) is 19.6 Å². The molecule has 1 rings (SSSR count). The molecule has 0 unspecified atom stereocenters. The zero-order valence-electron chi connectivity index (χ0n) is 39.1. The first kappa shape index (κ1) is 51.4. The van der Waals surface area contributed by atoms with Crippen LogP contribution in [0.5, 0.6) is 5.75 Å². The van der Waals surface area contributed by atoms with Gasteiger partial charge in [0.2, 0.25) is 0 Å². The van der Waals surface area contributed by atoms with Gasteiger partial charge in [0.25, 0.3) is 0 Å². The van der Waals surface area contributed by atoms with Crippen molar-refractivity contribution in [2.75, 3.05) is 20.8 Å². The van der Waals surface area contributed by atoms with Crippen LogP contribution in [0.3, 0.4) is 0 Å². The van der Waals surface area contributed by atoms with E-state index in [1.54, 1.807) is 14.2 Å². The van der Waals surface area contributed by atoms with E-state index < -0.39 is 40.2 Å². The Morgan fingerprint density at radius 2 is 1.29 bits per heavy atom. The lowest BCUT2D eigenvalue weighted by molar-refractivity contribution is -0.149. The van der Waals surface area contributed by atoms with Crippen molar-refractivity contribution in [2.45, 2.75) is 178 Å². The van der Waals surface area contributed by atoms with E-state index in [1.165, 1.54) is 5.57 Å². The summed E-state index contributed by atoms with van der Waals surface area (Å²) in [6.07, 6.45) is 3.21. The van der Waals surface area contributed by atoms with Crippen molar-refractivity contribution in [1.82, 2.24) is 0 Å². The van der Waals surface area contributed by atoms with Crippen LogP contribution in [0.1, 0.15) is 116 Å². The van der Waals surface area contributed by atoms with Crippen molar-refractivity contribution in [1.29, 1.82) is 0 Å². The molecule has 0 radical (unpaired) electrons. The van der Waals surface area contributed by atoms with Crippen LogP contribution in [-0.4, -0.2) is 72.8 Å². The van der Waals surface area contributed by atoms with Gasteiger partial charge in [-0.1, -0.05) is 113 Å². The molecule has 0 saturated heterocycles. The highest BCUT2D eigenvalue weighted by molar-refractivity contribution is 6.74. The number of hydrogen-bond donors (Lipinski definition) is 1. The fraction of sp³-hybridized carbons (Fsp3) is 0.761. The lowest BCUT2D eigenvalue weighted by Gasteiger charge is -2.46. The number of methoxy groups -OCH3 is 2. The van der Waals surface area contributed by atoms with E-state index in [9.17, 15) is 9.90 Å². The zero-order chi connectivity index (χ0) is 42.9. The number of benzene rings is 1. The standard InChI is InChI=1S/C46H84O7Si2/c1-31(2)28-32(3)29-33(4)41(53-55(20,21)45(11,12)13)35(6)40(47)36(7)42(48)46(14,15)43(50-17)34(5)39(52-54(18,19)44(8,9)10)26-27-51-30-37-22-24-38(49-16)25-23-37/h22-25,28-29,32,34-36,39-41,43,47H,26-27,30H2,1-21H3/b33-29+/t32-,34+,35-,36+,39-,40-,41+,43-/m0/s1. The summed E-state index contributed by atoms with van der Waals surface area (Å²) < 4.78 is 32.0. The second-order valence-corrected chi connectivity index (χ2v) is 29.7. The van der Waals surface area contributed by atoms with Gasteiger partial charge in [-0.15, -0.1) is 0 Å². The number of rotatable bonds is 22. The molecule has 7 nitrogen and oxygen atoms in total. The highest BCUT2D eigenvalue weighted by Crippen LogP contribution is 2.43. The molecular formula is C46H84O7Si2. The average molecular weight is 805 g/mol. The van der Waals surface area contributed by atoms with Gasteiger partial charge in [0.15, 0.2) is 16.6 Å². The summed E-state index contributed by atoms with van der Waals surface area (Å²) in [4.78, 5) is 14.7. The van der Waals surface area contributed by atoms with Crippen LogP contribution in [0.2, 0.25) is 36.3 Å². The van der Waals surface area contributed by atoms with Crippen molar-refractivity contribution in [2.24, 2.45) is 29.1 Å². The molecule has 0 aliphatic rings. The van der Waals surface area contributed by atoms with Crippen LogP contribution in [0, 0.1) is 29.1 Å². The number of Topliss-reactive ketones (excluding diaryl/α,β-unsaturated/α-hetero) is 1. The third-order valence-electron chi connectivity index (χ3n) is 12.6. The topological polar surface area (TPSA) is 83.5 Å². The first-order valence-corrected chi connectivity index (χ1v) is 26.4. The van der Waals surface area contributed by atoms with E-state index in [2.05, 4.69) is 115 Å². The van der Waals surface area contributed by atoms with Gasteiger partial charge < -0.3 is 28.2 Å². The second kappa shape index (κ2) is 20.9. The molecule has 0 saturated carbocycles. The summed E-state index contributed by atoms with van der Waals surface area (Å²) in [6, 6.07) is 7.91. The normalized spacial score (nSPS) is 18.1. The Bertz CT molecular complexity index is 1380. The summed E-state index contributed by atoms with van der Waals surface area (Å²) in [5.74, 6) is -0.114. The maximum atomic E-state index is 14.7. The highest BCUT2D eigenvalue weighted by atomic mass is 28.4. The van der Waals surface area contributed by atoms with Gasteiger partial charge in [-0.25, -0.2) is 0 Å². The fourth-order valence-electron chi connectivity index (χ4n) is 7.17. The summed E-state index contributed by atoms with van der Waals surface area (Å²) >= 11 is 0. The van der Waals surface area contributed by atoms with Gasteiger partial charge in [0, 0.05) is 31.5 Å². The summed E-state index contributed by atoms with van der Waals surface area (Å²) in [5, 5.41) is 12.1. The van der Waals surface area contributed by atoms with Gasteiger partial charge in [-0.2, -0.15) is 0 Å². The van der Waals surface area contributed by atoms with Crippen molar-refractivity contribution in [3.63, 3.8) is 0 Å². The fourth-order valence-corrected chi connectivity index (χ4v) is 10.00. The van der Waals surface area contributed by atoms with Gasteiger partial charge >= 0.3 is 0 Å². The molecule has 55 heavy (non-hydrogen) atoms. The van der Waals surface area contributed by atoms with Crippen LogP contribution in [0.4, 0.5) is 0 Å². The molecule has 0 fully saturated rings. The lowest BCUT2D eigenvalue weighted by Crippen LogP contribution is -2.54. The number of ether oxygens (including phenoxy) is 3. The molecule has 1 aromatic rings. The number of aliphatic hydroxyl groups excluding tert-OH is 1. The van der Waals surface area contributed by atoms with Gasteiger partial charge in [0.05, 0.1) is 43.5 Å². The summed E-state index contributed by atoms with van der Waals surface area (Å²) in [6.45, 7) is 41.9. The smallest absolute Gasteiger partial charge is 0.192 e. The van der Waals surface area contributed by atoms with Crippen molar-refractivity contribution in [3.8, 4) is 5.75 Å². The van der Waals surface area contributed by atoms with E-state index in [0.717, 1.165) is 16.9 Å². The number of aliphatic hydroxyl groups is 1. The Hall–Kier alpha value is -1.60. The maximum Gasteiger partial charge on any atom is 0.192 e. The van der Waals surface area contributed by atoms with Crippen LogP contribution in [0.25, 0.3) is 0 Å². The Labute approximate surface area is 340 Å². The molecule has 9 heteroatoms. The third-order valence-corrected chi connectivity index (χ3v) is 21.6. The molecule has 0 aliphatic carbocycles. The van der Waals surface area contributed by atoms with E-state index >= 15 is 0 Å². The molecule has 0 heterocycles. The van der Waals surface area contributed by atoms with E-state index in [4.69, 9.17) is 23.1 Å². The molecule has 0 spiro atoms. The van der Waals surface area contributed by atoms with Crippen molar-refractivity contribution >= 4 is 22.4 Å². The highest BCUT2D eigenvalue weighted by Gasteiger charge is 2.49. The largest absolute Gasteiger partial charge is 0.497 e. The lowest BCUT2D eigenvalue weighted by atomic mass is 9.69.